The van der Waals surface area contributed by atoms with Crippen LogP contribution < -0.4 is 10.5 Å². The van der Waals surface area contributed by atoms with Gasteiger partial charge in [0.2, 0.25) is 10.0 Å². The van der Waals surface area contributed by atoms with Gasteiger partial charge in [-0.05, 0) is 12.1 Å². The molecule has 2 N–H and O–H groups in total. The lowest BCUT2D eigenvalue weighted by atomic mass is 10.3. The largest absolute Gasteiger partial charge is 0.495 e. The number of methoxy groups -OCH3 is 1. The van der Waals surface area contributed by atoms with Crippen LogP contribution in [0.15, 0.2) is 29.2 Å². The van der Waals surface area contributed by atoms with Crippen LogP contribution in [0.5, 0.6) is 5.75 Å². The molecule has 0 spiro atoms. The van der Waals surface area contributed by atoms with E-state index in [2.05, 4.69) is 0 Å². The number of nitrogens with two attached hydrogens (primary N) is 1. The number of rotatable bonds is 5. The van der Waals surface area contributed by atoms with Crippen molar-refractivity contribution in [3.63, 3.8) is 0 Å². The van der Waals surface area contributed by atoms with Gasteiger partial charge in [-0.1, -0.05) is 12.1 Å². The zero-order chi connectivity index (χ0) is 12.2. The summed E-state index contributed by atoms with van der Waals surface area (Å²) < 4.78 is 30.4. The van der Waals surface area contributed by atoms with Crippen molar-refractivity contribution < 1.29 is 13.2 Å². The third-order valence-electron chi connectivity index (χ3n) is 2.20. The van der Waals surface area contributed by atoms with Crippen molar-refractivity contribution >= 4 is 10.0 Å². The molecule has 0 unspecified atom stereocenters. The molecule has 0 atom stereocenters. The SMILES string of the molecule is COc1ccccc1S(=O)(=O)N(C)CCN. The first-order valence-corrected chi connectivity index (χ1v) is 6.27. The molecule has 0 saturated carbocycles. The molecule has 0 aliphatic rings. The van der Waals surface area contributed by atoms with Gasteiger partial charge in [0.25, 0.3) is 0 Å². The predicted molar refractivity (Wildman–Crippen MR) is 61.9 cm³/mol. The number of para-hydroxylation sites is 1. The zero-order valence-corrected chi connectivity index (χ0v) is 10.2. The van der Waals surface area contributed by atoms with Crippen LogP contribution in [0.25, 0.3) is 0 Å². The first-order chi connectivity index (χ1) is 7.54. The smallest absolute Gasteiger partial charge is 0.246 e. The number of benzene rings is 1. The highest BCUT2D eigenvalue weighted by molar-refractivity contribution is 7.89. The van der Waals surface area contributed by atoms with Crippen molar-refractivity contribution in [1.29, 1.82) is 0 Å². The topological polar surface area (TPSA) is 72.6 Å². The normalized spacial score (nSPS) is 11.8. The summed E-state index contributed by atoms with van der Waals surface area (Å²) in [5.74, 6) is 0.339. The van der Waals surface area contributed by atoms with Gasteiger partial charge in [-0.25, -0.2) is 8.42 Å². The van der Waals surface area contributed by atoms with E-state index in [0.717, 1.165) is 0 Å². The molecule has 0 heterocycles. The molecule has 0 radical (unpaired) electrons. The fraction of sp³-hybridized carbons (Fsp3) is 0.400. The van der Waals surface area contributed by atoms with Crippen LogP contribution in [0.2, 0.25) is 0 Å². The second-order valence-electron chi connectivity index (χ2n) is 3.27. The summed E-state index contributed by atoms with van der Waals surface area (Å²) in [4.78, 5) is 0.161. The van der Waals surface area contributed by atoms with E-state index in [1.54, 1.807) is 18.2 Å². The molecule has 1 aromatic rings. The van der Waals surface area contributed by atoms with E-state index in [1.165, 1.54) is 24.5 Å². The van der Waals surface area contributed by atoms with Gasteiger partial charge in [0.1, 0.15) is 10.6 Å². The number of sulfonamides is 1. The van der Waals surface area contributed by atoms with Gasteiger partial charge < -0.3 is 10.5 Å². The Morgan fingerprint density at radius 3 is 2.56 bits per heavy atom. The van der Waals surface area contributed by atoms with Crippen LogP contribution in [0, 0.1) is 0 Å². The molecule has 0 aromatic heterocycles. The Bertz CT molecular complexity index is 445. The monoisotopic (exact) mass is 244 g/mol. The van der Waals surface area contributed by atoms with Gasteiger partial charge in [0, 0.05) is 20.1 Å². The molecule has 0 aliphatic carbocycles. The standard InChI is InChI=1S/C10H16N2O3S/c1-12(8-7-11)16(13,14)10-6-4-3-5-9(10)15-2/h3-6H,7-8,11H2,1-2H3. The molecule has 0 amide bonds. The van der Waals surface area contributed by atoms with Crippen LogP contribution >= 0.6 is 0 Å². The van der Waals surface area contributed by atoms with E-state index >= 15 is 0 Å². The Hall–Kier alpha value is -1.11. The Balaban J connectivity index is 3.16. The molecule has 5 nitrogen and oxygen atoms in total. The van der Waals surface area contributed by atoms with Crippen LogP contribution in [-0.2, 0) is 10.0 Å². The third kappa shape index (κ3) is 2.52. The van der Waals surface area contributed by atoms with Gasteiger partial charge in [0.15, 0.2) is 0 Å². The first-order valence-electron chi connectivity index (χ1n) is 4.83. The van der Waals surface area contributed by atoms with Crippen molar-refractivity contribution in [1.82, 2.24) is 4.31 Å². The summed E-state index contributed by atoms with van der Waals surface area (Å²) in [5.41, 5.74) is 5.34. The molecule has 16 heavy (non-hydrogen) atoms. The third-order valence-corrected chi connectivity index (χ3v) is 4.10. The van der Waals surface area contributed by atoms with E-state index in [9.17, 15) is 8.42 Å². The Labute approximate surface area is 95.9 Å². The molecule has 0 aliphatic heterocycles. The van der Waals surface area contributed by atoms with Crippen molar-refractivity contribution in [3.05, 3.63) is 24.3 Å². The lowest BCUT2D eigenvalue weighted by molar-refractivity contribution is 0.398. The number of ether oxygens (including phenoxy) is 1. The predicted octanol–water partition coefficient (Wildman–Crippen LogP) is 0.274. The highest BCUT2D eigenvalue weighted by atomic mass is 32.2. The van der Waals surface area contributed by atoms with E-state index in [0.29, 0.717) is 5.75 Å². The van der Waals surface area contributed by atoms with Gasteiger partial charge in [-0.2, -0.15) is 4.31 Å². The molecule has 90 valence electrons. The van der Waals surface area contributed by atoms with E-state index in [-0.39, 0.29) is 18.0 Å². The van der Waals surface area contributed by atoms with Crippen LogP contribution in [-0.4, -0.2) is 40.0 Å². The molecular weight excluding hydrogens is 228 g/mol. The average Bonchev–Trinajstić information content (AvgIpc) is 2.29. The minimum atomic E-state index is -3.52. The second-order valence-corrected chi connectivity index (χ2v) is 5.28. The summed E-state index contributed by atoms with van der Waals surface area (Å²) in [7, 11) is -0.579. The molecule has 6 heteroatoms. The summed E-state index contributed by atoms with van der Waals surface area (Å²) in [6, 6.07) is 6.51. The lowest BCUT2D eigenvalue weighted by Gasteiger charge is -2.17. The van der Waals surface area contributed by atoms with Gasteiger partial charge in [0.05, 0.1) is 7.11 Å². The maximum Gasteiger partial charge on any atom is 0.246 e. The van der Waals surface area contributed by atoms with Gasteiger partial charge in [-0.3, -0.25) is 0 Å². The van der Waals surface area contributed by atoms with Gasteiger partial charge in [-0.15, -0.1) is 0 Å². The minimum Gasteiger partial charge on any atom is -0.495 e. The van der Waals surface area contributed by atoms with Gasteiger partial charge >= 0.3 is 0 Å². The van der Waals surface area contributed by atoms with Crippen LogP contribution in [0.1, 0.15) is 0 Å². The molecule has 0 fully saturated rings. The van der Waals surface area contributed by atoms with Crippen molar-refractivity contribution in [2.24, 2.45) is 5.73 Å². The molecule has 0 bridgehead atoms. The quantitative estimate of drug-likeness (QED) is 0.807. The number of likely N-dealkylation sites (N-methyl/N-ethyl adjacent to an activating group) is 1. The Kier molecular flexibility index (Phi) is 4.28. The number of hydrogen-bond acceptors (Lipinski definition) is 4. The van der Waals surface area contributed by atoms with Crippen molar-refractivity contribution in [3.8, 4) is 5.75 Å². The fourth-order valence-corrected chi connectivity index (χ4v) is 2.64. The van der Waals surface area contributed by atoms with E-state index in [4.69, 9.17) is 10.5 Å². The summed E-state index contributed by atoms with van der Waals surface area (Å²) in [6.45, 7) is 0.561. The average molecular weight is 244 g/mol. The molecule has 1 aromatic carbocycles. The van der Waals surface area contributed by atoms with Crippen LogP contribution in [0.4, 0.5) is 0 Å². The highest BCUT2D eigenvalue weighted by Gasteiger charge is 2.23. The lowest BCUT2D eigenvalue weighted by Crippen LogP contribution is -2.31. The second kappa shape index (κ2) is 5.29. The maximum absolute atomic E-state index is 12.1. The molecule has 1 rings (SSSR count). The number of hydrogen-bond donors (Lipinski definition) is 1. The van der Waals surface area contributed by atoms with E-state index < -0.39 is 10.0 Å². The van der Waals surface area contributed by atoms with E-state index in [1.807, 2.05) is 0 Å². The highest BCUT2D eigenvalue weighted by Crippen LogP contribution is 2.25. The molecule has 0 saturated heterocycles. The summed E-state index contributed by atoms with van der Waals surface area (Å²) in [6.07, 6.45) is 0. The Morgan fingerprint density at radius 2 is 2.00 bits per heavy atom. The summed E-state index contributed by atoms with van der Waals surface area (Å²) in [5, 5.41) is 0. The minimum absolute atomic E-state index is 0.161. The number of nitrogens with zero attached hydrogens (tertiary/aromatic N) is 1. The Morgan fingerprint density at radius 1 is 1.38 bits per heavy atom. The van der Waals surface area contributed by atoms with Crippen LogP contribution in [0.3, 0.4) is 0 Å². The zero-order valence-electron chi connectivity index (χ0n) is 9.38. The first kappa shape index (κ1) is 13.0. The fourth-order valence-electron chi connectivity index (χ4n) is 1.30. The summed E-state index contributed by atoms with van der Waals surface area (Å²) >= 11 is 0. The van der Waals surface area contributed by atoms with Crippen molar-refractivity contribution in [2.45, 2.75) is 4.90 Å². The van der Waals surface area contributed by atoms with Crippen molar-refractivity contribution in [2.75, 3.05) is 27.2 Å². The maximum atomic E-state index is 12.1. The molecular formula is C10H16N2O3S.